The molecule has 112 valence electrons. The quantitative estimate of drug-likeness (QED) is 0.901. The Morgan fingerprint density at radius 2 is 2.05 bits per heavy atom. The molecule has 0 unspecified atom stereocenters. The van der Waals surface area contributed by atoms with Gasteiger partial charge in [0.05, 0.1) is 5.92 Å². The van der Waals surface area contributed by atoms with E-state index in [4.69, 9.17) is 5.73 Å². The minimum Gasteiger partial charge on any atom is -0.348 e. The van der Waals surface area contributed by atoms with Crippen LogP contribution in [0.5, 0.6) is 0 Å². The van der Waals surface area contributed by atoms with Gasteiger partial charge in [-0.1, -0.05) is 0 Å². The van der Waals surface area contributed by atoms with Crippen LogP contribution in [-0.4, -0.2) is 23.1 Å². The van der Waals surface area contributed by atoms with Crippen LogP contribution in [-0.2, 0) is 6.54 Å². The van der Waals surface area contributed by atoms with Crippen molar-refractivity contribution in [3.8, 4) is 0 Å². The molecule has 1 fully saturated rings. The van der Waals surface area contributed by atoms with Gasteiger partial charge in [0.2, 0.25) is 0 Å². The van der Waals surface area contributed by atoms with Gasteiger partial charge in [0.25, 0.3) is 5.91 Å². The van der Waals surface area contributed by atoms with Crippen LogP contribution in [0.25, 0.3) is 0 Å². The molecule has 1 saturated carbocycles. The SMILES string of the molecule is NCc1nc(C(=O)NC2CCC(C(F)(F)F)CC2)cs1. The number of nitrogens with two attached hydrogens (primary N) is 1. The molecular formula is C12H16F3N3OS. The summed E-state index contributed by atoms with van der Waals surface area (Å²) in [6.07, 6.45) is -3.29. The highest BCUT2D eigenvalue weighted by Gasteiger charge is 2.41. The fourth-order valence-electron chi connectivity index (χ4n) is 2.33. The van der Waals surface area contributed by atoms with Gasteiger partial charge in [-0.05, 0) is 25.7 Å². The van der Waals surface area contributed by atoms with Crippen LogP contribution < -0.4 is 11.1 Å². The molecule has 2 rings (SSSR count). The molecule has 0 saturated heterocycles. The maximum absolute atomic E-state index is 12.5. The van der Waals surface area contributed by atoms with Gasteiger partial charge in [-0.25, -0.2) is 4.98 Å². The average molecular weight is 307 g/mol. The number of nitrogens with zero attached hydrogens (tertiary/aromatic N) is 1. The lowest BCUT2D eigenvalue weighted by atomic mass is 9.85. The van der Waals surface area contributed by atoms with Gasteiger partial charge in [0, 0.05) is 18.0 Å². The Balaban J connectivity index is 1.85. The number of aromatic nitrogens is 1. The van der Waals surface area contributed by atoms with Crippen molar-refractivity contribution in [2.24, 2.45) is 11.7 Å². The number of amides is 1. The number of alkyl halides is 3. The summed E-state index contributed by atoms with van der Waals surface area (Å²) in [6, 6.07) is -0.205. The van der Waals surface area contributed by atoms with E-state index in [0.717, 1.165) is 0 Å². The zero-order chi connectivity index (χ0) is 14.8. The highest BCUT2D eigenvalue weighted by Crippen LogP contribution is 2.37. The third-order valence-corrected chi connectivity index (χ3v) is 4.36. The van der Waals surface area contributed by atoms with Gasteiger partial charge in [-0.3, -0.25) is 4.79 Å². The molecule has 0 spiro atoms. The molecule has 0 radical (unpaired) electrons. The van der Waals surface area contributed by atoms with Crippen LogP contribution in [0, 0.1) is 5.92 Å². The zero-order valence-corrected chi connectivity index (χ0v) is 11.6. The van der Waals surface area contributed by atoms with Crippen molar-refractivity contribution in [2.45, 2.75) is 44.4 Å². The summed E-state index contributed by atoms with van der Waals surface area (Å²) in [6.45, 7) is 0.272. The van der Waals surface area contributed by atoms with Crippen molar-refractivity contribution >= 4 is 17.2 Å². The highest BCUT2D eigenvalue weighted by atomic mass is 32.1. The summed E-state index contributed by atoms with van der Waals surface area (Å²) in [5.41, 5.74) is 5.70. The minimum absolute atomic E-state index is 0.0690. The molecule has 8 heteroatoms. The first-order valence-corrected chi connectivity index (χ1v) is 7.30. The Bertz CT molecular complexity index is 467. The fraction of sp³-hybridized carbons (Fsp3) is 0.667. The largest absolute Gasteiger partial charge is 0.391 e. The third-order valence-electron chi connectivity index (χ3n) is 3.48. The Hall–Kier alpha value is -1.15. The predicted molar refractivity (Wildman–Crippen MR) is 69.3 cm³/mol. The third kappa shape index (κ3) is 3.69. The van der Waals surface area contributed by atoms with E-state index in [1.807, 2.05) is 0 Å². The van der Waals surface area contributed by atoms with Crippen molar-refractivity contribution in [3.63, 3.8) is 0 Å². The molecule has 1 aromatic heterocycles. The van der Waals surface area contributed by atoms with E-state index in [-0.39, 0.29) is 37.0 Å². The van der Waals surface area contributed by atoms with Crippen molar-refractivity contribution in [2.75, 3.05) is 0 Å². The first-order chi connectivity index (χ1) is 9.40. The van der Waals surface area contributed by atoms with E-state index < -0.39 is 12.1 Å². The summed E-state index contributed by atoms with van der Waals surface area (Å²) in [5.74, 6) is -1.57. The van der Waals surface area contributed by atoms with Crippen LogP contribution >= 0.6 is 11.3 Å². The van der Waals surface area contributed by atoms with Crippen LogP contribution in [0.15, 0.2) is 5.38 Å². The monoisotopic (exact) mass is 307 g/mol. The summed E-state index contributed by atoms with van der Waals surface area (Å²) < 4.78 is 37.6. The molecule has 1 heterocycles. The van der Waals surface area contributed by atoms with Crippen LogP contribution in [0.1, 0.15) is 41.2 Å². The number of thiazole rings is 1. The molecule has 0 bridgehead atoms. The van der Waals surface area contributed by atoms with E-state index in [1.165, 1.54) is 11.3 Å². The van der Waals surface area contributed by atoms with Gasteiger partial charge < -0.3 is 11.1 Å². The molecule has 0 aromatic carbocycles. The normalized spacial score (nSPS) is 23.6. The standard InChI is InChI=1S/C12H16F3N3OS/c13-12(14,15)7-1-3-8(4-2-7)17-11(19)9-6-20-10(5-16)18-9/h6-8H,1-5,16H2,(H,17,19). The Kier molecular flexibility index (Phi) is 4.64. The van der Waals surface area contributed by atoms with E-state index in [1.54, 1.807) is 5.38 Å². The first-order valence-electron chi connectivity index (χ1n) is 6.42. The molecule has 1 aliphatic rings. The molecule has 1 amide bonds. The second-order valence-electron chi connectivity index (χ2n) is 4.89. The minimum atomic E-state index is -4.13. The molecule has 0 aliphatic heterocycles. The zero-order valence-electron chi connectivity index (χ0n) is 10.7. The Morgan fingerprint density at radius 3 is 2.55 bits per heavy atom. The predicted octanol–water partition coefficient (Wildman–Crippen LogP) is 2.45. The summed E-state index contributed by atoms with van der Waals surface area (Å²) in [7, 11) is 0. The second-order valence-corrected chi connectivity index (χ2v) is 5.84. The molecule has 1 aliphatic carbocycles. The lowest BCUT2D eigenvalue weighted by molar-refractivity contribution is -0.182. The average Bonchev–Trinajstić information content (AvgIpc) is 2.87. The number of hydrogen-bond acceptors (Lipinski definition) is 4. The number of hydrogen-bond donors (Lipinski definition) is 2. The van der Waals surface area contributed by atoms with Gasteiger partial charge in [0.15, 0.2) is 0 Å². The highest BCUT2D eigenvalue weighted by molar-refractivity contribution is 7.09. The number of carbonyl (C=O) groups excluding carboxylic acids is 1. The molecule has 4 nitrogen and oxygen atoms in total. The topological polar surface area (TPSA) is 68.0 Å². The first kappa shape index (κ1) is 15.2. The fourth-order valence-corrected chi connectivity index (χ4v) is 2.99. The van der Waals surface area contributed by atoms with Gasteiger partial charge in [0.1, 0.15) is 10.7 Å². The van der Waals surface area contributed by atoms with Crippen LogP contribution in [0.4, 0.5) is 13.2 Å². The van der Waals surface area contributed by atoms with Gasteiger partial charge in [-0.15, -0.1) is 11.3 Å². The van der Waals surface area contributed by atoms with Gasteiger partial charge in [-0.2, -0.15) is 13.2 Å². The summed E-state index contributed by atoms with van der Waals surface area (Å²) >= 11 is 1.30. The van der Waals surface area contributed by atoms with Crippen molar-refractivity contribution < 1.29 is 18.0 Å². The summed E-state index contributed by atoms with van der Waals surface area (Å²) in [4.78, 5) is 15.9. The van der Waals surface area contributed by atoms with Crippen molar-refractivity contribution in [1.82, 2.24) is 10.3 Å². The van der Waals surface area contributed by atoms with E-state index in [0.29, 0.717) is 17.8 Å². The number of rotatable bonds is 3. The lowest BCUT2D eigenvalue weighted by Gasteiger charge is -2.30. The second kappa shape index (κ2) is 6.09. The van der Waals surface area contributed by atoms with E-state index >= 15 is 0 Å². The number of halogens is 3. The maximum Gasteiger partial charge on any atom is 0.391 e. The molecule has 1 aromatic rings. The van der Waals surface area contributed by atoms with Crippen molar-refractivity contribution in [3.05, 3.63) is 16.1 Å². The van der Waals surface area contributed by atoms with E-state index in [9.17, 15) is 18.0 Å². The van der Waals surface area contributed by atoms with Crippen LogP contribution in [0.3, 0.4) is 0 Å². The molecule has 3 N–H and O–H groups in total. The van der Waals surface area contributed by atoms with Crippen LogP contribution in [0.2, 0.25) is 0 Å². The Morgan fingerprint density at radius 1 is 1.40 bits per heavy atom. The smallest absolute Gasteiger partial charge is 0.348 e. The summed E-state index contributed by atoms with van der Waals surface area (Å²) in [5, 5.41) is 5.01. The van der Waals surface area contributed by atoms with Crippen molar-refractivity contribution in [1.29, 1.82) is 0 Å². The van der Waals surface area contributed by atoms with Gasteiger partial charge >= 0.3 is 6.18 Å². The number of carbonyl (C=O) groups is 1. The van der Waals surface area contributed by atoms with E-state index in [2.05, 4.69) is 10.3 Å². The Labute approximate surface area is 118 Å². The number of nitrogens with one attached hydrogen (secondary N) is 1. The lowest BCUT2D eigenvalue weighted by Crippen LogP contribution is -2.40. The molecule has 20 heavy (non-hydrogen) atoms. The maximum atomic E-state index is 12.5. The molecular weight excluding hydrogens is 291 g/mol. The molecule has 0 atom stereocenters.